The summed E-state index contributed by atoms with van der Waals surface area (Å²) < 4.78 is 47.4. The number of nitrogens with one attached hydrogen (secondary N) is 3. The lowest BCUT2D eigenvalue weighted by Gasteiger charge is -2.11. The summed E-state index contributed by atoms with van der Waals surface area (Å²) in [5.74, 6) is -0.302. The van der Waals surface area contributed by atoms with Gasteiger partial charge < -0.3 is 15.4 Å². The van der Waals surface area contributed by atoms with Gasteiger partial charge in [0.05, 0.1) is 17.6 Å². The molecule has 0 bridgehead atoms. The van der Waals surface area contributed by atoms with Crippen LogP contribution < -0.4 is 20.1 Å². The van der Waals surface area contributed by atoms with E-state index in [-0.39, 0.29) is 29.0 Å². The Labute approximate surface area is 235 Å². The first-order valence-electron chi connectivity index (χ1n) is 12.5. The molecule has 2 aromatic carbocycles. The Morgan fingerprint density at radius 2 is 1.73 bits per heavy atom. The van der Waals surface area contributed by atoms with E-state index in [2.05, 4.69) is 30.4 Å². The molecule has 0 spiro atoms. The van der Waals surface area contributed by atoms with Crippen LogP contribution in [0.25, 0.3) is 22.0 Å². The summed E-state index contributed by atoms with van der Waals surface area (Å²) in [7, 11) is -3.53. The SMILES string of the molecule is CC(C)n1cc(NC(=O)Nc2ccc(Oc3ccnc(NS(C)(=O)=O)c3)cc2F)c(-c2ccc3cnccc3c2)n1. The van der Waals surface area contributed by atoms with Crippen LogP contribution in [0, 0.1) is 5.82 Å². The molecule has 0 aliphatic carbocycles. The molecule has 3 heterocycles. The highest BCUT2D eigenvalue weighted by Crippen LogP contribution is 2.31. The number of hydrogen-bond donors (Lipinski definition) is 3. The zero-order valence-corrected chi connectivity index (χ0v) is 23.1. The van der Waals surface area contributed by atoms with Crippen LogP contribution in [0.3, 0.4) is 0 Å². The molecule has 41 heavy (non-hydrogen) atoms. The number of urea groups is 1. The summed E-state index contributed by atoms with van der Waals surface area (Å²) in [5, 5.41) is 11.9. The van der Waals surface area contributed by atoms with Crippen molar-refractivity contribution in [3.8, 4) is 22.8 Å². The minimum absolute atomic E-state index is 0.0423. The highest BCUT2D eigenvalue weighted by molar-refractivity contribution is 7.92. The van der Waals surface area contributed by atoms with E-state index in [9.17, 15) is 17.6 Å². The standard InChI is InChI=1S/C28H26FN7O4S/c1-17(2)36-16-25(27(34-36)19-4-5-20-15-30-10-8-18(20)12-19)33-28(37)32-24-7-6-21(13-23(24)29)40-22-9-11-31-26(14-22)35-41(3,38)39/h4-17H,1-3H3,(H,31,35)(H2,32,33,37). The molecule has 11 nitrogen and oxygen atoms in total. The van der Waals surface area contributed by atoms with Crippen molar-refractivity contribution in [2.45, 2.75) is 19.9 Å². The van der Waals surface area contributed by atoms with Gasteiger partial charge in [-0.3, -0.25) is 14.4 Å². The van der Waals surface area contributed by atoms with E-state index >= 15 is 0 Å². The molecule has 0 aliphatic rings. The molecule has 5 aromatic rings. The lowest BCUT2D eigenvalue weighted by atomic mass is 10.1. The first-order chi connectivity index (χ1) is 19.5. The number of benzene rings is 2. The number of hydrogen-bond acceptors (Lipinski definition) is 7. The van der Waals surface area contributed by atoms with Crippen molar-refractivity contribution in [3.63, 3.8) is 0 Å². The van der Waals surface area contributed by atoms with Crippen LogP contribution in [0.15, 0.2) is 79.4 Å². The Morgan fingerprint density at radius 1 is 0.951 bits per heavy atom. The van der Waals surface area contributed by atoms with Crippen LogP contribution in [0.1, 0.15) is 19.9 Å². The molecule has 0 saturated carbocycles. The average Bonchev–Trinajstić information content (AvgIpc) is 3.33. The maximum absolute atomic E-state index is 14.9. The summed E-state index contributed by atoms with van der Waals surface area (Å²) >= 11 is 0. The zero-order chi connectivity index (χ0) is 29.1. The molecule has 3 aromatic heterocycles. The number of nitrogens with zero attached hydrogens (tertiary/aromatic N) is 4. The number of halogens is 1. The number of amides is 2. The maximum Gasteiger partial charge on any atom is 0.323 e. The van der Waals surface area contributed by atoms with Crippen LogP contribution in [0.4, 0.5) is 26.4 Å². The second kappa shape index (κ2) is 11.2. The highest BCUT2D eigenvalue weighted by Gasteiger charge is 2.17. The lowest BCUT2D eigenvalue weighted by Crippen LogP contribution is -2.20. The van der Waals surface area contributed by atoms with Crippen LogP contribution in [-0.4, -0.2) is 40.5 Å². The van der Waals surface area contributed by atoms with E-state index in [4.69, 9.17) is 4.74 Å². The van der Waals surface area contributed by atoms with E-state index < -0.39 is 21.9 Å². The molecular formula is C28H26FN7O4S. The molecule has 0 atom stereocenters. The van der Waals surface area contributed by atoms with E-state index in [1.165, 1.54) is 30.5 Å². The topological polar surface area (TPSA) is 140 Å². The van der Waals surface area contributed by atoms with Gasteiger partial charge in [-0.25, -0.2) is 22.6 Å². The van der Waals surface area contributed by atoms with Crippen LogP contribution in [0.5, 0.6) is 11.5 Å². The lowest BCUT2D eigenvalue weighted by molar-refractivity contribution is 0.262. The highest BCUT2D eigenvalue weighted by atomic mass is 32.2. The van der Waals surface area contributed by atoms with Crippen molar-refractivity contribution in [2.24, 2.45) is 0 Å². The number of sulfonamides is 1. The first-order valence-corrected chi connectivity index (χ1v) is 14.4. The molecule has 0 saturated heterocycles. The quantitative estimate of drug-likeness (QED) is 0.205. The number of anilines is 3. The fourth-order valence-electron chi connectivity index (χ4n) is 3.98. The van der Waals surface area contributed by atoms with Crippen LogP contribution in [0.2, 0.25) is 0 Å². The first kappa shape index (κ1) is 27.5. The summed E-state index contributed by atoms with van der Waals surface area (Å²) in [6.07, 6.45) is 7.56. The van der Waals surface area contributed by atoms with Crippen LogP contribution in [-0.2, 0) is 10.0 Å². The van der Waals surface area contributed by atoms with Gasteiger partial charge in [-0.1, -0.05) is 12.1 Å². The minimum atomic E-state index is -3.53. The molecule has 0 radical (unpaired) electrons. The van der Waals surface area contributed by atoms with Gasteiger partial charge in [0.2, 0.25) is 10.0 Å². The summed E-state index contributed by atoms with van der Waals surface area (Å²) in [6, 6.07) is 13.9. The van der Waals surface area contributed by atoms with Crippen molar-refractivity contribution >= 4 is 44.0 Å². The van der Waals surface area contributed by atoms with Crippen LogP contribution >= 0.6 is 0 Å². The molecule has 210 valence electrons. The van der Waals surface area contributed by atoms with Gasteiger partial charge >= 0.3 is 6.03 Å². The largest absolute Gasteiger partial charge is 0.457 e. The number of carbonyl (C=O) groups excluding carboxylic acids is 1. The van der Waals surface area contributed by atoms with Crippen molar-refractivity contribution in [3.05, 3.63) is 85.2 Å². The zero-order valence-electron chi connectivity index (χ0n) is 22.3. The number of aromatic nitrogens is 4. The third-order valence-electron chi connectivity index (χ3n) is 5.87. The number of fused-ring (bicyclic) bond motifs is 1. The molecule has 0 unspecified atom stereocenters. The maximum atomic E-state index is 14.9. The number of pyridine rings is 2. The molecule has 2 amide bonds. The van der Waals surface area contributed by atoms with Gasteiger partial charge in [-0.05, 0) is 49.6 Å². The Bertz CT molecular complexity index is 1860. The Hall–Kier alpha value is -5.04. The molecule has 3 N–H and O–H groups in total. The average molecular weight is 576 g/mol. The fraction of sp³-hybridized carbons (Fsp3) is 0.143. The third-order valence-corrected chi connectivity index (χ3v) is 6.45. The molecular weight excluding hydrogens is 549 g/mol. The second-order valence-corrected chi connectivity index (χ2v) is 11.2. The van der Waals surface area contributed by atoms with E-state index in [0.717, 1.165) is 28.7 Å². The van der Waals surface area contributed by atoms with Gasteiger partial charge in [0, 0.05) is 53.9 Å². The van der Waals surface area contributed by atoms with Crippen molar-refractivity contribution in [2.75, 3.05) is 21.6 Å². The van der Waals surface area contributed by atoms with Gasteiger partial charge in [-0.2, -0.15) is 5.10 Å². The fourth-order valence-corrected chi connectivity index (χ4v) is 4.48. The Balaban J connectivity index is 1.32. The van der Waals surface area contributed by atoms with Gasteiger partial charge in [-0.15, -0.1) is 0 Å². The van der Waals surface area contributed by atoms with E-state index in [1.54, 1.807) is 23.3 Å². The molecule has 0 fully saturated rings. The molecule has 0 aliphatic heterocycles. The summed E-state index contributed by atoms with van der Waals surface area (Å²) in [5.41, 5.74) is 1.76. The Kier molecular flexibility index (Phi) is 7.53. The minimum Gasteiger partial charge on any atom is -0.457 e. The third kappa shape index (κ3) is 6.76. The number of carbonyl (C=O) groups is 1. The summed E-state index contributed by atoms with van der Waals surface area (Å²) in [6.45, 7) is 3.95. The van der Waals surface area contributed by atoms with Crippen molar-refractivity contribution in [1.82, 2.24) is 19.7 Å². The van der Waals surface area contributed by atoms with Gasteiger partial charge in [0.1, 0.15) is 28.8 Å². The molecule has 13 heteroatoms. The predicted octanol–water partition coefficient (Wildman–Crippen LogP) is 6.02. The Morgan fingerprint density at radius 3 is 2.49 bits per heavy atom. The van der Waals surface area contributed by atoms with E-state index in [0.29, 0.717) is 11.4 Å². The normalized spacial score (nSPS) is 11.4. The second-order valence-electron chi connectivity index (χ2n) is 9.48. The smallest absolute Gasteiger partial charge is 0.323 e. The molecule has 5 rings (SSSR count). The predicted molar refractivity (Wildman–Crippen MR) is 155 cm³/mol. The van der Waals surface area contributed by atoms with Gasteiger partial charge in [0.15, 0.2) is 0 Å². The number of rotatable bonds is 8. The number of ether oxygens (including phenoxy) is 1. The van der Waals surface area contributed by atoms with Crippen molar-refractivity contribution in [1.29, 1.82) is 0 Å². The van der Waals surface area contributed by atoms with Crippen molar-refractivity contribution < 1.29 is 22.3 Å². The summed E-state index contributed by atoms with van der Waals surface area (Å²) in [4.78, 5) is 21.0. The van der Waals surface area contributed by atoms with E-state index in [1.807, 2.05) is 38.1 Å². The monoisotopic (exact) mass is 575 g/mol. The van der Waals surface area contributed by atoms with Gasteiger partial charge in [0.25, 0.3) is 0 Å².